The number of esters is 2. The Morgan fingerprint density at radius 3 is 2.63 bits per heavy atom. The van der Waals surface area contributed by atoms with E-state index in [9.17, 15) is 9.59 Å². The molecule has 0 spiro atoms. The Labute approximate surface area is 165 Å². The van der Waals surface area contributed by atoms with Crippen molar-refractivity contribution in [3.63, 3.8) is 0 Å². The number of carbonyl (C=O) groups is 2. The van der Waals surface area contributed by atoms with E-state index in [0.29, 0.717) is 16.3 Å². The normalized spacial score (nSPS) is 10.7. The van der Waals surface area contributed by atoms with Crippen LogP contribution in [-0.4, -0.2) is 25.7 Å². The van der Waals surface area contributed by atoms with Gasteiger partial charge in [0.25, 0.3) is 0 Å². The predicted octanol–water partition coefficient (Wildman–Crippen LogP) is 4.06. The standard InChI is InChI=1S/C19H13Cl2NO5/c1-25-19(24)13(10-22)7-12-3-2-4-15(8-12)27-18(23)11-26-17-6-5-14(20)9-16(17)21/h2-9H,11H2,1H3/b13-7+. The van der Waals surface area contributed by atoms with Crippen LogP contribution in [0.1, 0.15) is 5.56 Å². The molecule has 27 heavy (non-hydrogen) atoms. The summed E-state index contributed by atoms with van der Waals surface area (Å²) in [6.07, 6.45) is 1.33. The molecule has 0 atom stereocenters. The van der Waals surface area contributed by atoms with Gasteiger partial charge in [0.15, 0.2) is 6.61 Å². The lowest BCUT2D eigenvalue weighted by molar-refractivity contribution is -0.137. The highest BCUT2D eigenvalue weighted by Gasteiger charge is 2.11. The van der Waals surface area contributed by atoms with Gasteiger partial charge >= 0.3 is 11.9 Å². The van der Waals surface area contributed by atoms with Gasteiger partial charge < -0.3 is 14.2 Å². The maximum absolute atomic E-state index is 11.9. The van der Waals surface area contributed by atoms with Gasteiger partial charge in [-0.1, -0.05) is 35.3 Å². The number of nitrogens with zero attached hydrogens (tertiary/aromatic N) is 1. The van der Waals surface area contributed by atoms with E-state index in [0.717, 1.165) is 0 Å². The van der Waals surface area contributed by atoms with Crippen LogP contribution in [0.25, 0.3) is 6.08 Å². The highest BCUT2D eigenvalue weighted by atomic mass is 35.5. The third-order valence-electron chi connectivity index (χ3n) is 3.17. The molecule has 0 saturated carbocycles. The molecule has 0 aliphatic rings. The number of methoxy groups -OCH3 is 1. The molecule has 0 amide bonds. The van der Waals surface area contributed by atoms with Gasteiger partial charge in [0, 0.05) is 5.02 Å². The zero-order valence-electron chi connectivity index (χ0n) is 14.1. The average Bonchev–Trinajstić information content (AvgIpc) is 2.65. The Hall–Kier alpha value is -3.01. The van der Waals surface area contributed by atoms with Crippen molar-refractivity contribution in [2.75, 3.05) is 13.7 Å². The fourth-order valence-electron chi connectivity index (χ4n) is 1.97. The van der Waals surface area contributed by atoms with Crippen molar-refractivity contribution in [1.29, 1.82) is 5.26 Å². The smallest absolute Gasteiger partial charge is 0.349 e. The van der Waals surface area contributed by atoms with Crippen LogP contribution < -0.4 is 9.47 Å². The van der Waals surface area contributed by atoms with Crippen LogP contribution in [0.2, 0.25) is 10.0 Å². The Balaban J connectivity index is 2.03. The van der Waals surface area contributed by atoms with Crippen molar-refractivity contribution < 1.29 is 23.8 Å². The highest BCUT2D eigenvalue weighted by molar-refractivity contribution is 6.35. The Bertz CT molecular complexity index is 934. The van der Waals surface area contributed by atoms with Crippen LogP contribution in [0.15, 0.2) is 48.0 Å². The summed E-state index contributed by atoms with van der Waals surface area (Å²) in [6, 6.07) is 12.7. The number of hydrogen-bond donors (Lipinski definition) is 0. The third kappa shape index (κ3) is 6.03. The molecule has 2 aromatic rings. The monoisotopic (exact) mass is 405 g/mol. The van der Waals surface area contributed by atoms with Crippen molar-refractivity contribution in [1.82, 2.24) is 0 Å². The molecular formula is C19H13Cl2NO5. The molecule has 0 N–H and O–H groups in total. The molecule has 0 radical (unpaired) electrons. The van der Waals surface area contributed by atoms with E-state index in [1.54, 1.807) is 36.4 Å². The van der Waals surface area contributed by atoms with E-state index in [4.69, 9.17) is 37.9 Å². The van der Waals surface area contributed by atoms with Gasteiger partial charge in [-0.15, -0.1) is 0 Å². The summed E-state index contributed by atoms with van der Waals surface area (Å²) < 4.78 is 15.0. The number of carbonyl (C=O) groups excluding carboxylic acids is 2. The molecule has 6 nitrogen and oxygen atoms in total. The van der Waals surface area contributed by atoms with Crippen molar-refractivity contribution in [2.24, 2.45) is 0 Å². The first-order valence-electron chi connectivity index (χ1n) is 7.51. The SMILES string of the molecule is COC(=O)/C(C#N)=C/c1cccc(OC(=O)COc2ccc(Cl)cc2Cl)c1. The Kier molecular flexibility index (Phi) is 7.24. The maximum Gasteiger partial charge on any atom is 0.349 e. The lowest BCUT2D eigenvalue weighted by Crippen LogP contribution is -2.17. The number of halogens is 2. The molecular weight excluding hydrogens is 393 g/mol. The van der Waals surface area contributed by atoms with E-state index >= 15 is 0 Å². The average molecular weight is 406 g/mol. The number of benzene rings is 2. The quantitative estimate of drug-likeness (QED) is 0.311. The molecule has 138 valence electrons. The summed E-state index contributed by atoms with van der Waals surface area (Å²) in [5.41, 5.74) is 0.311. The summed E-state index contributed by atoms with van der Waals surface area (Å²) in [4.78, 5) is 23.4. The molecule has 0 heterocycles. The van der Waals surface area contributed by atoms with Crippen molar-refractivity contribution >= 4 is 41.2 Å². The topological polar surface area (TPSA) is 85.6 Å². The predicted molar refractivity (Wildman–Crippen MR) is 99.6 cm³/mol. The Morgan fingerprint density at radius 2 is 1.96 bits per heavy atom. The van der Waals surface area contributed by atoms with Crippen LogP contribution in [0, 0.1) is 11.3 Å². The first-order valence-corrected chi connectivity index (χ1v) is 8.27. The summed E-state index contributed by atoms with van der Waals surface area (Å²) in [5.74, 6) is -0.892. The van der Waals surface area contributed by atoms with Gasteiger partial charge in [0.1, 0.15) is 23.1 Å². The van der Waals surface area contributed by atoms with Crippen LogP contribution in [-0.2, 0) is 14.3 Å². The second kappa shape index (κ2) is 9.62. The zero-order chi connectivity index (χ0) is 19.8. The van der Waals surface area contributed by atoms with Gasteiger partial charge in [-0.25, -0.2) is 9.59 Å². The fourth-order valence-corrected chi connectivity index (χ4v) is 2.43. The number of rotatable bonds is 6. The third-order valence-corrected chi connectivity index (χ3v) is 3.70. The lowest BCUT2D eigenvalue weighted by Gasteiger charge is -2.08. The first-order chi connectivity index (χ1) is 12.9. The van der Waals surface area contributed by atoms with E-state index in [-0.39, 0.29) is 23.0 Å². The molecule has 0 fully saturated rings. The van der Waals surface area contributed by atoms with Crippen LogP contribution in [0.5, 0.6) is 11.5 Å². The van der Waals surface area contributed by atoms with E-state index in [1.165, 1.54) is 25.3 Å². The zero-order valence-corrected chi connectivity index (χ0v) is 15.6. The second-order valence-corrected chi connectivity index (χ2v) is 5.92. The minimum Gasteiger partial charge on any atom is -0.480 e. The molecule has 0 bridgehead atoms. The molecule has 0 saturated heterocycles. The summed E-state index contributed by atoms with van der Waals surface area (Å²) >= 11 is 11.8. The van der Waals surface area contributed by atoms with E-state index in [1.807, 2.05) is 0 Å². The molecule has 2 aromatic carbocycles. The van der Waals surface area contributed by atoms with E-state index < -0.39 is 11.9 Å². The lowest BCUT2D eigenvalue weighted by atomic mass is 10.1. The van der Waals surface area contributed by atoms with Gasteiger partial charge in [-0.05, 0) is 42.0 Å². The molecule has 8 heteroatoms. The molecule has 0 aliphatic carbocycles. The molecule has 0 aliphatic heterocycles. The van der Waals surface area contributed by atoms with Crippen LogP contribution in [0.4, 0.5) is 0 Å². The number of ether oxygens (including phenoxy) is 3. The first kappa shape index (κ1) is 20.3. The van der Waals surface area contributed by atoms with Gasteiger partial charge in [0.05, 0.1) is 12.1 Å². The summed E-state index contributed by atoms with van der Waals surface area (Å²) in [6.45, 7) is -0.368. The second-order valence-electron chi connectivity index (χ2n) is 5.07. The molecule has 0 aromatic heterocycles. The van der Waals surface area contributed by atoms with Crippen molar-refractivity contribution in [3.8, 4) is 17.6 Å². The summed E-state index contributed by atoms with van der Waals surface area (Å²) in [5, 5.41) is 9.70. The van der Waals surface area contributed by atoms with Crippen molar-refractivity contribution in [3.05, 3.63) is 63.6 Å². The van der Waals surface area contributed by atoms with Crippen LogP contribution in [0.3, 0.4) is 0 Å². The molecule has 0 unspecified atom stereocenters. The van der Waals surface area contributed by atoms with Gasteiger partial charge in [-0.3, -0.25) is 0 Å². The minimum atomic E-state index is -0.756. The largest absolute Gasteiger partial charge is 0.480 e. The summed E-state index contributed by atoms with van der Waals surface area (Å²) in [7, 11) is 1.18. The highest BCUT2D eigenvalue weighted by Crippen LogP contribution is 2.27. The van der Waals surface area contributed by atoms with Gasteiger partial charge in [-0.2, -0.15) is 5.26 Å². The maximum atomic E-state index is 11.9. The Morgan fingerprint density at radius 1 is 1.19 bits per heavy atom. The number of nitriles is 1. The number of hydrogen-bond acceptors (Lipinski definition) is 6. The molecule has 2 rings (SSSR count). The van der Waals surface area contributed by atoms with Crippen LogP contribution >= 0.6 is 23.2 Å². The minimum absolute atomic E-state index is 0.179. The fraction of sp³-hybridized carbons (Fsp3) is 0.105. The van der Waals surface area contributed by atoms with E-state index in [2.05, 4.69) is 4.74 Å². The van der Waals surface area contributed by atoms with Gasteiger partial charge in [0.2, 0.25) is 0 Å². The van der Waals surface area contributed by atoms with Crippen molar-refractivity contribution in [2.45, 2.75) is 0 Å².